The van der Waals surface area contributed by atoms with Crippen molar-refractivity contribution in [2.75, 3.05) is 0 Å². The molecule has 1 aliphatic rings. The van der Waals surface area contributed by atoms with Crippen molar-refractivity contribution in [3.05, 3.63) is 35.9 Å². The fraction of sp³-hybridized carbons (Fsp3) is 0.462. The van der Waals surface area contributed by atoms with Crippen molar-refractivity contribution in [3.8, 4) is 0 Å². The molecular weight excluding hydrogens is 204 g/mol. The Kier molecular flexibility index (Phi) is 2.72. The summed E-state index contributed by atoms with van der Waals surface area (Å²) in [5, 5.41) is 0. The van der Waals surface area contributed by atoms with E-state index < -0.39 is 11.7 Å². The van der Waals surface area contributed by atoms with E-state index in [4.69, 9.17) is 9.47 Å². The minimum atomic E-state index is -0.454. The molecule has 0 amide bonds. The lowest BCUT2D eigenvalue weighted by Gasteiger charge is -2.18. The molecule has 16 heavy (non-hydrogen) atoms. The smallest absolute Gasteiger partial charge is 0.338 e. The van der Waals surface area contributed by atoms with Gasteiger partial charge in [0.15, 0.2) is 6.10 Å². The van der Waals surface area contributed by atoms with Gasteiger partial charge in [0.2, 0.25) is 0 Å². The Labute approximate surface area is 95.4 Å². The highest BCUT2D eigenvalue weighted by molar-refractivity contribution is 5.78. The first kappa shape index (κ1) is 11.1. The molecule has 2 rings (SSSR count). The highest BCUT2D eigenvalue weighted by Crippen LogP contribution is 2.39. The van der Waals surface area contributed by atoms with E-state index in [0.29, 0.717) is 0 Å². The van der Waals surface area contributed by atoms with Crippen LogP contribution in [0.5, 0.6) is 0 Å². The molecule has 0 bridgehead atoms. The van der Waals surface area contributed by atoms with Crippen molar-refractivity contribution in [1.29, 1.82) is 0 Å². The predicted molar refractivity (Wildman–Crippen MR) is 59.9 cm³/mol. The third-order valence-corrected chi connectivity index (χ3v) is 2.26. The summed E-state index contributed by atoms with van der Waals surface area (Å²) in [6.07, 6.45) is -0.558. The van der Waals surface area contributed by atoms with Crippen LogP contribution >= 0.6 is 0 Å². The van der Waals surface area contributed by atoms with Crippen LogP contribution in [0.25, 0.3) is 0 Å². The summed E-state index contributed by atoms with van der Waals surface area (Å²) in [5.41, 5.74) is 0.572. The number of carbonyl (C=O) groups is 1. The van der Waals surface area contributed by atoms with E-state index >= 15 is 0 Å². The van der Waals surface area contributed by atoms with Crippen LogP contribution in [0.2, 0.25) is 0 Å². The van der Waals surface area contributed by atoms with Crippen LogP contribution in [-0.2, 0) is 14.3 Å². The lowest BCUT2D eigenvalue weighted by Crippen LogP contribution is -2.26. The van der Waals surface area contributed by atoms with Crippen molar-refractivity contribution >= 4 is 5.97 Å². The van der Waals surface area contributed by atoms with E-state index in [0.717, 1.165) is 5.56 Å². The molecule has 0 aromatic heterocycles. The second-order valence-corrected chi connectivity index (χ2v) is 4.92. The molecule has 1 aliphatic heterocycles. The lowest BCUT2D eigenvalue weighted by molar-refractivity contribution is -0.156. The van der Waals surface area contributed by atoms with Crippen molar-refractivity contribution in [2.24, 2.45) is 0 Å². The first-order valence-corrected chi connectivity index (χ1v) is 5.41. The average Bonchev–Trinajstić information content (AvgIpc) is 2.96. The topological polar surface area (TPSA) is 38.8 Å². The molecule has 1 heterocycles. The minimum Gasteiger partial charge on any atom is -0.458 e. The summed E-state index contributed by atoms with van der Waals surface area (Å²) in [6, 6.07) is 9.71. The summed E-state index contributed by atoms with van der Waals surface area (Å²) in [4.78, 5) is 11.7. The first-order valence-electron chi connectivity index (χ1n) is 5.41. The molecule has 0 saturated carbocycles. The number of hydrogen-bond acceptors (Lipinski definition) is 3. The zero-order valence-corrected chi connectivity index (χ0v) is 9.77. The van der Waals surface area contributed by atoms with Gasteiger partial charge in [0.1, 0.15) is 11.7 Å². The van der Waals surface area contributed by atoms with Crippen molar-refractivity contribution in [3.63, 3.8) is 0 Å². The molecule has 3 nitrogen and oxygen atoms in total. The third kappa shape index (κ3) is 2.61. The Balaban J connectivity index is 1.95. The summed E-state index contributed by atoms with van der Waals surface area (Å²) < 4.78 is 10.6. The Hall–Kier alpha value is -1.35. The van der Waals surface area contributed by atoms with Gasteiger partial charge < -0.3 is 9.47 Å². The summed E-state index contributed by atoms with van der Waals surface area (Å²) >= 11 is 0. The maximum Gasteiger partial charge on any atom is 0.338 e. The Morgan fingerprint density at radius 1 is 1.25 bits per heavy atom. The summed E-state index contributed by atoms with van der Waals surface area (Å²) in [7, 11) is 0. The van der Waals surface area contributed by atoms with Gasteiger partial charge in [0, 0.05) is 0 Å². The van der Waals surface area contributed by atoms with Gasteiger partial charge in [0.05, 0.1) is 0 Å². The first-order chi connectivity index (χ1) is 7.47. The molecule has 1 aromatic rings. The average molecular weight is 220 g/mol. The maximum atomic E-state index is 11.7. The molecule has 1 fully saturated rings. The SMILES string of the molecule is CC(C)(C)OC(=O)[C@@H]1O[C@H]1c1ccccc1. The van der Waals surface area contributed by atoms with Gasteiger partial charge in [-0.2, -0.15) is 0 Å². The van der Waals surface area contributed by atoms with Gasteiger partial charge in [-0.3, -0.25) is 0 Å². The molecule has 0 aliphatic carbocycles. The highest BCUT2D eigenvalue weighted by atomic mass is 16.6. The fourth-order valence-corrected chi connectivity index (χ4v) is 1.55. The third-order valence-electron chi connectivity index (χ3n) is 2.26. The number of epoxide rings is 1. The molecule has 0 unspecified atom stereocenters. The standard InChI is InChI=1S/C13H16O3/c1-13(2,3)16-12(14)11-10(15-11)9-7-5-4-6-8-9/h4-8,10-11H,1-3H3/t10-,11+/m0/s1. The molecule has 86 valence electrons. The van der Waals surface area contributed by atoms with Crippen LogP contribution < -0.4 is 0 Å². The molecule has 1 saturated heterocycles. The number of rotatable bonds is 2. The summed E-state index contributed by atoms with van der Waals surface area (Å²) in [5.74, 6) is -0.277. The monoisotopic (exact) mass is 220 g/mol. The Bertz CT molecular complexity index is 378. The van der Waals surface area contributed by atoms with Crippen molar-refractivity contribution < 1.29 is 14.3 Å². The molecule has 2 atom stereocenters. The minimum absolute atomic E-state index is 0.129. The molecule has 3 heteroatoms. The van der Waals surface area contributed by atoms with Crippen LogP contribution in [0.4, 0.5) is 0 Å². The van der Waals surface area contributed by atoms with Crippen molar-refractivity contribution in [2.45, 2.75) is 38.6 Å². The van der Waals surface area contributed by atoms with Crippen LogP contribution in [0, 0.1) is 0 Å². The number of hydrogen-bond donors (Lipinski definition) is 0. The van der Waals surface area contributed by atoms with Crippen LogP contribution in [0.1, 0.15) is 32.4 Å². The maximum absolute atomic E-state index is 11.7. The zero-order valence-electron chi connectivity index (χ0n) is 9.77. The van der Waals surface area contributed by atoms with Gasteiger partial charge in [-0.25, -0.2) is 4.79 Å². The van der Waals surface area contributed by atoms with Gasteiger partial charge in [-0.1, -0.05) is 30.3 Å². The van der Waals surface area contributed by atoms with Gasteiger partial charge in [-0.05, 0) is 26.3 Å². The molecule has 0 radical (unpaired) electrons. The van der Waals surface area contributed by atoms with E-state index in [1.807, 2.05) is 51.1 Å². The second kappa shape index (κ2) is 3.91. The van der Waals surface area contributed by atoms with Crippen LogP contribution in [0.15, 0.2) is 30.3 Å². The summed E-state index contributed by atoms with van der Waals surface area (Å²) in [6.45, 7) is 5.56. The normalized spacial score (nSPS) is 23.9. The van der Waals surface area contributed by atoms with Gasteiger partial charge in [0.25, 0.3) is 0 Å². The van der Waals surface area contributed by atoms with E-state index in [2.05, 4.69) is 0 Å². The molecule has 1 aromatic carbocycles. The van der Waals surface area contributed by atoms with Crippen molar-refractivity contribution in [1.82, 2.24) is 0 Å². The number of ether oxygens (including phenoxy) is 2. The second-order valence-electron chi connectivity index (χ2n) is 4.92. The number of esters is 1. The van der Waals surface area contributed by atoms with Gasteiger partial charge in [-0.15, -0.1) is 0 Å². The van der Waals surface area contributed by atoms with Gasteiger partial charge >= 0.3 is 5.97 Å². The number of carbonyl (C=O) groups excluding carboxylic acids is 1. The molecular formula is C13H16O3. The number of benzene rings is 1. The van der Waals surface area contributed by atoms with E-state index in [-0.39, 0.29) is 12.1 Å². The highest BCUT2D eigenvalue weighted by Gasteiger charge is 2.48. The fourth-order valence-electron chi connectivity index (χ4n) is 1.55. The van der Waals surface area contributed by atoms with Crippen LogP contribution in [-0.4, -0.2) is 17.7 Å². The quantitative estimate of drug-likeness (QED) is 0.567. The Morgan fingerprint density at radius 3 is 2.44 bits per heavy atom. The van der Waals surface area contributed by atoms with Crippen LogP contribution in [0.3, 0.4) is 0 Å². The predicted octanol–water partition coefficient (Wildman–Crippen LogP) is 2.47. The molecule has 0 spiro atoms. The van der Waals surface area contributed by atoms with E-state index in [9.17, 15) is 4.79 Å². The molecule has 0 N–H and O–H groups in total. The largest absolute Gasteiger partial charge is 0.458 e. The van der Waals surface area contributed by atoms with E-state index in [1.54, 1.807) is 0 Å². The Morgan fingerprint density at radius 2 is 1.88 bits per heavy atom. The van der Waals surface area contributed by atoms with E-state index in [1.165, 1.54) is 0 Å². The lowest BCUT2D eigenvalue weighted by atomic mass is 10.1. The zero-order chi connectivity index (χ0) is 11.8.